The van der Waals surface area contributed by atoms with Gasteiger partial charge in [-0.15, -0.1) is 0 Å². The Morgan fingerprint density at radius 3 is 2.53 bits per heavy atom. The van der Waals surface area contributed by atoms with Crippen molar-refractivity contribution in [1.82, 2.24) is 5.32 Å². The molecule has 15 heavy (non-hydrogen) atoms. The van der Waals surface area contributed by atoms with Gasteiger partial charge in [-0.05, 0) is 32.1 Å². The van der Waals surface area contributed by atoms with Crippen LogP contribution >= 0.6 is 0 Å². The summed E-state index contributed by atoms with van der Waals surface area (Å²) in [5.74, 6) is 0.137. The van der Waals surface area contributed by atoms with Crippen LogP contribution < -0.4 is 11.1 Å². The molecule has 88 valence electrons. The lowest BCUT2D eigenvalue weighted by molar-refractivity contribution is -0.123. The van der Waals surface area contributed by atoms with Gasteiger partial charge in [0.05, 0.1) is 0 Å². The summed E-state index contributed by atoms with van der Waals surface area (Å²) in [7, 11) is 0. The van der Waals surface area contributed by atoms with E-state index in [9.17, 15) is 4.79 Å². The SMILES string of the molecule is CCCC(CC)NC(=O)CC1(N)CCC1. The minimum absolute atomic E-state index is 0.137. The maximum atomic E-state index is 11.7. The van der Waals surface area contributed by atoms with Crippen LogP contribution in [0.5, 0.6) is 0 Å². The lowest BCUT2D eigenvalue weighted by atomic mass is 9.75. The highest BCUT2D eigenvalue weighted by atomic mass is 16.1. The van der Waals surface area contributed by atoms with Gasteiger partial charge in [0.25, 0.3) is 0 Å². The Hall–Kier alpha value is -0.570. The second-order valence-corrected chi connectivity index (χ2v) is 4.85. The monoisotopic (exact) mass is 212 g/mol. The molecule has 0 spiro atoms. The van der Waals surface area contributed by atoms with Crippen LogP contribution in [0, 0.1) is 0 Å². The van der Waals surface area contributed by atoms with Crippen LogP contribution in [0.1, 0.15) is 58.8 Å². The van der Waals surface area contributed by atoms with E-state index in [1.807, 2.05) is 0 Å². The van der Waals surface area contributed by atoms with Gasteiger partial charge >= 0.3 is 0 Å². The van der Waals surface area contributed by atoms with Gasteiger partial charge in [0.15, 0.2) is 0 Å². The second kappa shape index (κ2) is 5.50. The molecule has 0 heterocycles. The molecule has 1 unspecified atom stereocenters. The average molecular weight is 212 g/mol. The zero-order chi connectivity index (χ0) is 11.3. The number of carbonyl (C=O) groups excluding carboxylic acids is 1. The Bertz CT molecular complexity index is 212. The molecule has 0 saturated heterocycles. The van der Waals surface area contributed by atoms with Gasteiger partial charge in [-0.1, -0.05) is 20.3 Å². The van der Waals surface area contributed by atoms with E-state index < -0.39 is 0 Å². The third-order valence-corrected chi connectivity index (χ3v) is 3.36. The highest BCUT2D eigenvalue weighted by molar-refractivity contribution is 5.77. The van der Waals surface area contributed by atoms with E-state index in [1.165, 1.54) is 6.42 Å². The average Bonchev–Trinajstić information content (AvgIpc) is 2.14. The third kappa shape index (κ3) is 3.82. The summed E-state index contributed by atoms with van der Waals surface area (Å²) >= 11 is 0. The third-order valence-electron chi connectivity index (χ3n) is 3.36. The number of nitrogens with two attached hydrogens (primary N) is 1. The van der Waals surface area contributed by atoms with Crippen LogP contribution in [0.4, 0.5) is 0 Å². The van der Waals surface area contributed by atoms with Gasteiger partial charge in [-0.25, -0.2) is 0 Å². The number of rotatable bonds is 6. The van der Waals surface area contributed by atoms with E-state index >= 15 is 0 Å². The van der Waals surface area contributed by atoms with Gasteiger partial charge in [-0.3, -0.25) is 4.79 Å². The van der Waals surface area contributed by atoms with Gasteiger partial charge in [0.2, 0.25) is 5.91 Å². The Balaban J connectivity index is 2.27. The highest BCUT2D eigenvalue weighted by Crippen LogP contribution is 2.31. The summed E-state index contributed by atoms with van der Waals surface area (Å²) in [6.07, 6.45) is 6.89. The number of carbonyl (C=O) groups is 1. The molecule has 1 atom stereocenters. The van der Waals surface area contributed by atoms with Crippen molar-refractivity contribution in [2.75, 3.05) is 0 Å². The zero-order valence-corrected chi connectivity index (χ0v) is 10.0. The number of hydrogen-bond donors (Lipinski definition) is 2. The predicted molar refractivity (Wildman–Crippen MR) is 62.5 cm³/mol. The van der Waals surface area contributed by atoms with Crippen LogP contribution in [0.3, 0.4) is 0 Å². The zero-order valence-electron chi connectivity index (χ0n) is 10.0. The Morgan fingerprint density at radius 1 is 1.47 bits per heavy atom. The maximum absolute atomic E-state index is 11.7. The Labute approximate surface area is 92.8 Å². The molecule has 0 radical (unpaired) electrons. The molecule has 0 aromatic carbocycles. The minimum Gasteiger partial charge on any atom is -0.353 e. The molecule has 1 aliphatic rings. The van der Waals surface area contributed by atoms with E-state index in [0.29, 0.717) is 12.5 Å². The minimum atomic E-state index is -0.186. The fraction of sp³-hybridized carbons (Fsp3) is 0.917. The number of hydrogen-bond acceptors (Lipinski definition) is 2. The van der Waals surface area contributed by atoms with Crippen molar-refractivity contribution < 1.29 is 4.79 Å². The molecule has 0 aromatic heterocycles. The fourth-order valence-corrected chi connectivity index (χ4v) is 2.13. The molecule has 1 amide bonds. The summed E-state index contributed by atoms with van der Waals surface area (Å²) in [5.41, 5.74) is 5.85. The molecule has 1 rings (SSSR count). The molecule has 3 nitrogen and oxygen atoms in total. The summed E-state index contributed by atoms with van der Waals surface area (Å²) in [6, 6.07) is 0.339. The van der Waals surface area contributed by atoms with Crippen LogP contribution in [-0.2, 0) is 4.79 Å². The maximum Gasteiger partial charge on any atom is 0.222 e. The normalized spacial score (nSPS) is 20.5. The van der Waals surface area contributed by atoms with Crippen LogP contribution in [0.2, 0.25) is 0 Å². The quantitative estimate of drug-likeness (QED) is 0.707. The molecule has 3 heteroatoms. The fourth-order valence-electron chi connectivity index (χ4n) is 2.13. The summed E-state index contributed by atoms with van der Waals surface area (Å²) in [6.45, 7) is 4.26. The molecule has 0 bridgehead atoms. The standard InChI is InChI=1S/C12H24N2O/c1-3-6-10(4-2)14-11(15)9-12(13)7-5-8-12/h10H,3-9,13H2,1-2H3,(H,14,15). The first-order valence-electron chi connectivity index (χ1n) is 6.18. The largest absolute Gasteiger partial charge is 0.353 e. The topological polar surface area (TPSA) is 55.1 Å². The van der Waals surface area contributed by atoms with E-state index in [1.54, 1.807) is 0 Å². The first kappa shape index (κ1) is 12.5. The van der Waals surface area contributed by atoms with Crippen LogP contribution in [-0.4, -0.2) is 17.5 Å². The number of nitrogens with one attached hydrogen (secondary N) is 1. The van der Waals surface area contributed by atoms with Crippen molar-refractivity contribution in [1.29, 1.82) is 0 Å². The molecular weight excluding hydrogens is 188 g/mol. The van der Waals surface area contributed by atoms with Gasteiger partial charge in [0.1, 0.15) is 0 Å². The van der Waals surface area contributed by atoms with Crippen LogP contribution in [0.15, 0.2) is 0 Å². The van der Waals surface area contributed by atoms with E-state index in [4.69, 9.17) is 5.73 Å². The van der Waals surface area contributed by atoms with Crippen molar-refractivity contribution in [3.8, 4) is 0 Å². The first-order valence-corrected chi connectivity index (χ1v) is 6.18. The van der Waals surface area contributed by atoms with Crippen molar-refractivity contribution in [2.45, 2.75) is 70.4 Å². The van der Waals surface area contributed by atoms with Gasteiger partial charge < -0.3 is 11.1 Å². The molecule has 0 aromatic rings. The molecule has 3 N–H and O–H groups in total. The van der Waals surface area contributed by atoms with E-state index in [0.717, 1.165) is 32.1 Å². The lowest BCUT2D eigenvalue weighted by Gasteiger charge is -2.37. The molecule has 1 aliphatic carbocycles. The molecule has 0 aliphatic heterocycles. The highest BCUT2D eigenvalue weighted by Gasteiger charge is 2.34. The first-order chi connectivity index (χ1) is 7.09. The molecular formula is C12H24N2O. The summed E-state index contributed by atoms with van der Waals surface area (Å²) in [5, 5.41) is 3.07. The van der Waals surface area contributed by atoms with E-state index in [-0.39, 0.29) is 11.4 Å². The van der Waals surface area contributed by atoms with Gasteiger partial charge in [0, 0.05) is 18.0 Å². The van der Waals surface area contributed by atoms with Crippen molar-refractivity contribution >= 4 is 5.91 Å². The summed E-state index contributed by atoms with van der Waals surface area (Å²) in [4.78, 5) is 11.7. The van der Waals surface area contributed by atoms with Crippen LogP contribution in [0.25, 0.3) is 0 Å². The van der Waals surface area contributed by atoms with Crippen molar-refractivity contribution in [2.24, 2.45) is 5.73 Å². The van der Waals surface area contributed by atoms with Crippen molar-refractivity contribution in [3.05, 3.63) is 0 Å². The Kier molecular flexibility index (Phi) is 4.58. The summed E-state index contributed by atoms with van der Waals surface area (Å²) < 4.78 is 0. The lowest BCUT2D eigenvalue weighted by Crippen LogP contribution is -2.51. The second-order valence-electron chi connectivity index (χ2n) is 4.85. The smallest absolute Gasteiger partial charge is 0.222 e. The predicted octanol–water partition coefficient (Wildman–Crippen LogP) is 1.95. The molecule has 1 fully saturated rings. The van der Waals surface area contributed by atoms with Crippen molar-refractivity contribution in [3.63, 3.8) is 0 Å². The molecule has 1 saturated carbocycles. The Morgan fingerprint density at radius 2 is 2.13 bits per heavy atom. The number of amides is 1. The van der Waals surface area contributed by atoms with Gasteiger partial charge in [-0.2, -0.15) is 0 Å². The van der Waals surface area contributed by atoms with E-state index in [2.05, 4.69) is 19.2 Å².